The molecular formula is C12H15NO4. The van der Waals surface area contributed by atoms with Crippen LogP contribution in [0, 0.1) is 0 Å². The molecule has 2 aliphatic rings. The minimum absolute atomic E-state index is 0.0908. The molecule has 1 N–H and O–H groups in total. The molecule has 0 aromatic carbocycles. The largest absolute Gasteiger partial charge is 0.345 e. The Morgan fingerprint density at radius 1 is 1.24 bits per heavy atom. The molecule has 0 bridgehead atoms. The zero-order valence-corrected chi connectivity index (χ0v) is 9.91. The Kier molecular flexibility index (Phi) is 3.13. The second-order valence-electron chi connectivity index (χ2n) is 4.03. The fourth-order valence-electron chi connectivity index (χ4n) is 2.16. The van der Waals surface area contributed by atoms with Crippen LogP contribution in [0.3, 0.4) is 0 Å². The number of rotatable bonds is 2. The molecule has 0 saturated heterocycles. The highest BCUT2D eigenvalue weighted by atomic mass is 16.7. The van der Waals surface area contributed by atoms with E-state index in [2.05, 4.69) is 5.32 Å². The van der Waals surface area contributed by atoms with Crippen molar-refractivity contribution in [2.24, 2.45) is 0 Å². The molecule has 1 aliphatic heterocycles. The lowest BCUT2D eigenvalue weighted by Crippen LogP contribution is -2.44. The van der Waals surface area contributed by atoms with E-state index in [0.29, 0.717) is 30.5 Å². The van der Waals surface area contributed by atoms with E-state index in [9.17, 15) is 9.59 Å². The number of ketones is 1. The predicted octanol–water partition coefficient (Wildman–Crippen LogP) is 0.669. The summed E-state index contributed by atoms with van der Waals surface area (Å²) < 4.78 is 10.6. The predicted molar refractivity (Wildman–Crippen MR) is 59.9 cm³/mol. The number of nitrogens with one attached hydrogen (secondary N) is 1. The molecular weight excluding hydrogens is 222 g/mol. The quantitative estimate of drug-likeness (QED) is 0.717. The number of methoxy groups -OCH3 is 2. The van der Waals surface area contributed by atoms with E-state index < -0.39 is 5.79 Å². The highest BCUT2D eigenvalue weighted by molar-refractivity contribution is 6.06. The van der Waals surface area contributed by atoms with Crippen molar-refractivity contribution in [3.8, 4) is 0 Å². The Labute approximate surface area is 99.5 Å². The summed E-state index contributed by atoms with van der Waals surface area (Å²) in [7, 11) is 2.95. The van der Waals surface area contributed by atoms with Gasteiger partial charge in [-0.1, -0.05) is 0 Å². The van der Waals surface area contributed by atoms with Gasteiger partial charge in [0.2, 0.25) is 11.7 Å². The molecule has 5 heteroatoms. The summed E-state index contributed by atoms with van der Waals surface area (Å²) in [5.74, 6) is -1.35. The van der Waals surface area contributed by atoms with E-state index in [-0.39, 0.29) is 11.7 Å². The molecule has 1 aliphatic carbocycles. The SMILES string of the molecule is COC1(OC)C=CC(=O)C2=C1NC(=O)CCC2. The smallest absolute Gasteiger partial charge is 0.230 e. The number of carbonyl (C=O) groups is 2. The van der Waals surface area contributed by atoms with Crippen LogP contribution >= 0.6 is 0 Å². The van der Waals surface area contributed by atoms with Crippen LogP contribution in [0.5, 0.6) is 0 Å². The lowest BCUT2D eigenvalue weighted by atomic mass is 9.93. The average Bonchev–Trinajstić information content (AvgIpc) is 2.53. The van der Waals surface area contributed by atoms with Gasteiger partial charge in [0.05, 0.1) is 5.70 Å². The highest BCUT2D eigenvalue weighted by Gasteiger charge is 2.40. The van der Waals surface area contributed by atoms with Crippen molar-refractivity contribution in [1.82, 2.24) is 5.32 Å². The van der Waals surface area contributed by atoms with Crippen molar-refractivity contribution in [1.29, 1.82) is 0 Å². The molecule has 0 radical (unpaired) electrons. The standard InChI is InChI=1S/C12H15NO4/c1-16-12(17-2)7-6-9(14)8-4-3-5-10(15)13-11(8)12/h6-7H,3-5H2,1-2H3,(H,13,15). The van der Waals surface area contributed by atoms with Crippen molar-refractivity contribution in [2.45, 2.75) is 25.0 Å². The number of hydrogen-bond acceptors (Lipinski definition) is 4. The number of amides is 1. The molecule has 5 nitrogen and oxygen atoms in total. The van der Waals surface area contributed by atoms with Crippen LogP contribution in [0.2, 0.25) is 0 Å². The maximum atomic E-state index is 11.8. The molecule has 1 heterocycles. The van der Waals surface area contributed by atoms with Crippen LogP contribution in [-0.4, -0.2) is 31.7 Å². The van der Waals surface area contributed by atoms with Crippen molar-refractivity contribution in [2.75, 3.05) is 14.2 Å². The number of hydrogen-bond donors (Lipinski definition) is 1. The molecule has 0 spiro atoms. The molecule has 2 rings (SSSR count). The first-order valence-electron chi connectivity index (χ1n) is 5.50. The Bertz CT molecular complexity index is 418. The number of allylic oxidation sites excluding steroid dienone is 2. The van der Waals surface area contributed by atoms with Gasteiger partial charge in [-0.3, -0.25) is 9.59 Å². The lowest BCUT2D eigenvalue weighted by molar-refractivity contribution is -0.151. The zero-order valence-electron chi connectivity index (χ0n) is 9.91. The van der Waals surface area contributed by atoms with E-state index >= 15 is 0 Å². The van der Waals surface area contributed by atoms with Crippen molar-refractivity contribution in [3.05, 3.63) is 23.4 Å². The third-order valence-electron chi connectivity index (χ3n) is 3.10. The summed E-state index contributed by atoms with van der Waals surface area (Å²) in [6.07, 6.45) is 4.59. The summed E-state index contributed by atoms with van der Waals surface area (Å²) in [5.41, 5.74) is 1.000. The maximum absolute atomic E-state index is 11.8. The van der Waals surface area contributed by atoms with Gasteiger partial charge < -0.3 is 14.8 Å². The Hall–Kier alpha value is -1.46. The lowest BCUT2D eigenvalue weighted by Gasteiger charge is -2.33. The Morgan fingerprint density at radius 3 is 2.59 bits per heavy atom. The second kappa shape index (κ2) is 4.43. The zero-order chi connectivity index (χ0) is 12.5. The molecule has 0 atom stereocenters. The Balaban J connectivity index is 2.50. The van der Waals surface area contributed by atoms with Gasteiger partial charge in [0.15, 0.2) is 5.78 Å². The molecule has 0 aromatic heterocycles. The molecule has 17 heavy (non-hydrogen) atoms. The van der Waals surface area contributed by atoms with E-state index in [0.717, 1.165) is 0 Å². The fourth-order valence-corrected chi connectivity index (χ4v) is 2.16. The molecule has 92 valence electrons. The van der Waals surface area contributed by atoms with Crippen LogP contribution in [0.25, 0.3) is 0 Å². The van der Waals surface area contributed by atoms with Crippen LogP contribution < -0.4 is 5.32 Å². The highest BCUT2D eigenvalue weighted by Crippen LogP contribution is 2.32. The monoisotopic (exact) mass is 237 g/mol. The topological polar surface area (TPSA) is 64.6 Å². The maximum Gasteiger partial charge on any atom is 0.230 e. The molecule has 0 saturated carbocycles. The first-order chi connectivity index (χ1) is 8.13. The van der Waals surface area contributed by atoms with Crippen LogP contribution in [0.15, 0.2) is 23.4 Å². The fraction of sp³-hybridized carbons (Fsp3) is 0.500. The number of ether oxygens (including phenoxy) is 2. The molecule has 0 unspecified atom stereocenters. The van der Waals surface area contributed by atoms with Gasteiger partial charge >= 0.3 is 0 Å². The first-order valence-corrected chi connectivity index (χ1v) is 5.50. The Morgan fingerprint density at radius 2 is 1.94 bits per heavy atom. The van der Waals surface area contributed by atoms with Crippen molar-refractivity contribution < 1.29 is 19.1 Å². The minimum atomic E-state index is -1.15. The van der Waals surface area contributed by atoms with Crippen molar-refractivity contribution in [3.63, 3.8) is 0 Å². The normalized spacial score (nSPS) is 23.2. The van der Waals surface area contributed by atoms with E-state index in [1.165, 1.54) is 26.4 Å². The molecule has 1 amide bonds. The van der Waals surface area contributed by atoms with E-state index in [4.69, 9.17) is 9.47 Å². The summed E-state index contributed by atoms with van der Waals surface area (Å²) in [6.45, 7) is 0. The summed E-state index contributed by atoms with van der Waals surface area (Å²) in [5, 5.41) is 2.72. The van der Waals surface area contributed by atoms with Gasteiger partial charge in [0.1, 0.15) is 0 Å². The van der Waals surface area contributed by atoms with Gasteiger partial charge in [-0.25, -0.2) is 0 Å². The second-order valence-corrected chi connectivity index (χ2v) is 4.03. The molecule has 0 aromatic rings. The summed E-state index contributed by atoms with van der Waals surface area (Å²) >= 11 is 0. The van der Waals surface area contributed by atoms with Crippen LogP contribution in [0.1, 0.15) is 19.3 Å². The first kappa shape index (κ1) is 12.0. The molecule has 0 fully saturated rings. The van der Waals surface area contributed by atoms with E-state index in [1.54, 1.807) is 0 Å². The van der Waals surface area contributed by atoms with Gasteiger partial charge in [0.25, 0.3) is 0 Å². The van der Waals surface area contributed by atoms with Gasteiger partial charge in [0, 0.05) is 26.2 Å². The average molecular weight is 237 g/mol. The minimum Gasteiger partial charge on any atom is -0.345 e. The van der Waals surface area contributed by atoms with Gasteiger partial charge in [-0.15, -0.1) is 0 Å². The van der Waals surface area contributed by atoms with Crippen molar-refractivity contribution >= 4 is 11.7 Å². The van der Waals surface area contributed by atoms with Gasteiger partial charge in [-0.05, 0) is 25.0 Å². The summed E-state index contributed by atoms with van der Waals surface area (Å²) in [4.78, 5) is 23.4. The summed E-state index contributed by atoms with van der Waals surface area (Å²) in [6, 6.07) is 0. The van der Waals surface area contributed by atoms with Crippen LogP contribution in [-0.2, 0) is 19.1 Å². The van der Waals surface area contributed by atoms with Crippen LogP contribution in [0.4, 0.5) is 0 Å². The van der Waals surface area contributed by atoms with E-state index in [1.807, 2.05) is 0 Å². The third-order valence-corrected chi connectivity index (χ3v) is 3.10. The third kappa shape index (κ3) is 1.92. The van der Waals surface area contributed by atoms with Gasteiger partial charge in [-0.2, -0.15) is 0 Å². The number of carbonyl (C=O) groups excluding carboxylic acids is 2.